The quantitative estimate of drug-likeness (QED) is 0.431. The minimum atomic E-state index is -0.692. The molecule has 0 saturated carbocycles. The molecule has 1 atom stereocenters. The van der Waals surface area contributed by atoms with Gasteiger partial charge in [0.1, 0.15) is 11.8 Å². The van der Waals surface area contributed by atoms with E-state index in [2.05, 4.69) is 20.9 Å². The molecular weight excluding hydrogens is 486 g/mol. The number of urea groups is 1. The summed E-state index contributed by atoms with van der Waals surface area (Å²) in [7, 11) is 0. The topological polar surface area (TPSA) is 130 Å². The highest BCUT2D eigenvalue weighted by atomic mass is 16.5. The predicted octanol–water partition coefficient (Wildman–Crippen LogP) is 3.69. The van der Waals surface area contributed by atoms with Crippen molar-refractivity contribution in [3.8, 4) is 11.6 Å². The van der Waals surface area contributed by atoms with Crippen LogP contribution in [-0.4, -0.2) is 39.7 Å². The number of fused-ring (bicyclic) bond motifs is 1. The highest BCUT2D eigenvalue weighted by Crippen LogP contribution is 2.30. The number of nitrogens with zero attached hydrogens (tertiary/aromatic N) is 2. The average Bonchev–Trinajstić information content (AvgIpc) is 3.20. The third-order valence-corrected chi connectivity index (χ3v) is 6.64. The summed E-state index contributed by atoms with van der Waals surface area (Å²) in [6.07, 6.45) is 2.14. The fourth-order valence-corrected chi connectivity index (χ4v) is 4.64. The summed E-state index contributed by atoms with van der Waals surface area (Å²) < 4.78 is 5.73. The molecule has 1 aromatic heterocycles. The molecule has 1 unspecified atom stereocenters. The molecule has 194 valence electrons. The minimum absolute atomic E-state index is 0.194. The molecule has 1 saturated heterocycles. The standard InChI is InChI=1S/C28H27N5O5/c1-28(2,18-6-9-20(10-7-18)38-24-5-3-4-14-29-24)32-27(37)30-19-8-11-21-17(15-19)16-33(26(21)36)22-12-13-23(34)31-25(22)35/h3-11,14-15,22H,12-13,16H2,1-2H3,(H2,30,32,37)(H,31,34,35). The van der Waals surface area contributed by atoms with Gasteiger partial charge in [-0.2, -0.15) is 0 Å². The maximum Gasteiger partial charge on any atom is 0.319 e. The number of hydrogen-bond acceptors (Lipinski definition) is 6. The second-order valence-corrected chi connectivity index (χ2v) is 9.77. The molecule has 38 heavy (non-hydrogen) atoms. The number of amides is 5. The number of imide groups is 1. The molecule has 0 aliphatic carbocycles. The van der Waals surface area contributed by atoms with Crippen LogP contribution in [-0.2, 0) is 21.7 Å². The van der Waals surface area contributed by atoms with Crippen LogP contribution in [0, 0.1) is 0 Å². The van der Waals surface area contributed by atoms with Crippen molar-refractivity contribution in [3.05, 3.63) is 83.6 Å². The second kappa shape index (κ2) is 9.97. The highest BCUT2D eigenvalue weighted by Gasteiger charge is 2.39. The lowest BCUT2D eigenvalue weighted by Gasteiger charge is -2.29. The van der Waals surface area contributed by atoms with Gasteiger partial charge in [-0.15, -0.1) is 0 Å². The minimum Gasteiger partial charge on any atom is -0.439 e. The first-order valence-electron chi connectivity index (χ1n) is 12.3. The molecule has 1 fully saturated rings. The number of carbonyl (C=O) groups is 4. The van der Waals surface area contributed by atoms with Gasteiger partial charge in [0, 0.05) is 36.5 Å². The molecule has 3 aromatic rings. The lowest BCUT2D eigenvalue weighted by Crippen LogP contribution is -2.52. The Morgan fingerprint density at radius 3 is 2.58 bits per heavy atom. The fraction of sp³-hybridized carbons (Fsp3) is 0.250. The van der Waals surface area contributed by atoms with Gasteiger partial charge < -0.3 is 20.3 Å². The Bertz CT molecular complexity index is 1400. The number of carbonyl (C=O) groups excluding carboxylic acids is 4. The van der Waals surface area contributed by atoms with Gasteiger partial charge in [-0.3, -0.25) is 19.7 Å². The van der Waals surface area contributed by atoms with E-state index in [-0.39, 0.29) is 24.8 Å². The van der Waals surface area contributed by atoms with E-state index in [0.717, 1.165) is 5.56 Å². The number of ether oxygens (including phenoxy) is 1. The van der Waals surface area contributed by atoms with Crippen molar-refractivity contribution in [2.24, 2.45) is 0 Å². The summed E-state index contributed by atoms with van der Waals surface area (Å²) >= 11 is 0. The summed E-state index contributed by atoms with van der Waals surface area (Å²) in [5.74, 6) is 0.0745. The van der Waals surface area contributed by atoms with E-state index in [4.69, 9.17) is 4.74 Å². The lowest BCUT2D eigenvalue weighted by molar-refractivity contribution is -0.136. The number of rotatable bonds is 6. The predicted molar refractivity (Wildman–Crippen MR) is 138 cm³/mol. The Balaban J connectivity index is 1.21. The van der Waals surface area contributed by atoms with Gasteiger partial charge in [-0.25, -0.2) is 9.78 Å². The van der Waals surface area contributed by atoms with E-state index >= 15 is 0 Å². The molecule has 3 N–H and O–H groups in total. The second-order valence-electron chi connectivity index (χ2n) is 9.77. The number of piperidine rings is 1. The maximum absolute atomic E-state index is 12.9. The van der Waals surface area contributed by atoms with Crippen molar-refractivity contribution in [3.63, 3.8) is 0 Å². The summed E-state index contributed by atoms with van der Waals surface area (Å²) in [5.41, 5.74) is 1.90. The van der Waals surface area contributed by atoms with Crippen molar-refractivity contribution >= 4 is 29.4 Å². The Labute approximate surface area is 219 Å². The van der Waals surface area contributed by atoms with E-state index in [1.807, 2.05) is 50.2 Å². The molecule has 5 amide bonds. The molecule has 5 rings (SSSR count). The molecule has 2 aliphatic rings. The van der Waals surface area contributed by atoms with Gasteiger partial charge in [0.05, 0.1) is 5.54 Å². The van der Waals surface area contributed by atoms with Gasteiger partial charge >= 0.3 is 6.03 Å². The zero-order valence-electron chi connectivity index (χ0n) is 21.0. The van der Waals surface area contributed by atoms with Crippen molar-refractivity contribution in [1.82, 2.24) is 20.5 Å². The maximum atomic E-state index is 12.9. The summed E-state index contributed by atoms with van der Waals surface area (Å²) in [5, 5.41) is 8.09. The van der Waals surface area contributed by atoms with E-state index < -0.39 is 23.5 Å². The summed E-state index contributed by atoms with van der Waals surface area (Å²) in [4.78, 5) is 55.1. The van der Waals surface area contributed by atoms with Gasteiger partial charge in [-0.05, 0) is 67.8 Å². The van der Waals surface area contributed by atoms with Gasteiger partial charge in [0.15, 0.2) is 0 Å². The fourth-order valence-electron chi connectivity index (χ4n) is 4.64. The van der Waals surface area contributed by atoms with Crippen LogP contribution < -0.4 is 20.7 Å². The average molecular weight is 514 g/mol. The van der Waals surface area contributed by atoms with Crippen LogP contribution in [0.1, 0.15) is 48.2 Å². The van der Waals surface area contributed by atoms with Crippen molar-refractivity contribution in [2.75, 3.05) is 5.32 Å². The molecule has 3 heterocycles. The van der Waals surface area contributed by atoms with Crippen molar-refractivity contribution in [2.45, 2.75) is 44.8 Å². The zero-order valence-corrected chi connectivity index (χ0v) is 21.0. The first-order valence-corrected chi connectivity index (χ1v) is 12.3. The van der Waals surface area contributed by atoms with Crippen LogP contribution >= 0.6 is 0 Å². The number of nitrogens with one attached hydrogen (secondary N) is 3. The Kier molecular flexibility index (Phi) is 6.54. The summed E-state index contributed by atoms with van der Waals surface area (Å²) in [6.45, 7) is 4.01. The van der Waals surface area contributed by atoms with Crippen molar-refractivity contribution in [1.29, 1.82) is 0 Å². The van der Waals surface area contributed by atoms with Gasteiger partial charge in [0.2, 0.25) is 17.7 Å². The zero-order chi connectivity index (χ0) is 26.9. The molecular formula is C28H27N5O5. The number of pyridine rings is 1. The summed E-state index contributed by atoms with van der Waals surface area (Å²) in [6, 6.07) is 16.7. The molecule has 0 radical (unpaired) electrons. The van der Waals surface area contributed by atoms with Crippen LogP contribution in [0.3, 0.4) is 0 Å². The first-order chi connectivity index (χ1) is 18.2. The van der Waals surface area contributed by atoms with Crippen LogP contribution in [0.25, 0.3) is 0 Å². The Morgan fingerprint density at radius 2 is 1.87 bits per heavy atom. The third kappa shape index (κ3) is 5.19. The smallest absolute Gasteiger partial charge is 0.319 e. The van der Waals surface area contributed by atoms with Crippen LogP contribution in [0.4, 0.5) is 10.5 Å². The van der Waals surface area contributed by atoms with E-state index in [9.17, 15) is 19.2 Å². The molecule has 10 heteroatoms. The van der Waals surface area contributed by atoms with Crippen LogP contribution in [0.15, 0.2) is 66.9 Å². The highest BCUT2D eigenvalue weighted by molar-refractivity contribution is 6.05. The Morgan fingerprint density at radius 1 is 1.08 bits per heavy atom. The Hall–Kier alpha value is -4.73. The monoisotopic (exact) mass is 513 g/mol. The first kappa shape index (κ1) is 24.9. The molecule has 0 spiro atoms. The van der Waals surface area contributed by atoms with Gasteiger partial charge in [0.25, 0.3) is 5.91 Å². The molecule has 10 nitrogen and oxygen atoms in total. The molecule has 2 aromatic carbocycles. The van der Waals surface area contributed by atoms with Gasteiger partial charge in [-0.1, -0.05) is 18.2 Å². The van der Waals surface area contributed by atoms with Crippen LogP contribution in [0.2, 0.25) is 0 Å². The van der Waals surface area contributed by atoms with E-state index in [1.54, 1.807) is 30.5 Å². The number of anilines is 1. The lowest BCUT2D eigenvalue weighted by atomic mass is 9.94. The number of hydrogen-bond donors (Lipinski definition) is 3. The third-order valence-electron chi connectivity index (χ3n) is 6.64. The largest absolute Gasteiger partial charge is 0.439 e. The number of benzene rings is 2. The van der Waals surface area contributed by atoms with E-state index in [0.29, 0.717) is 34.9 Å². The van der Waals surface area contributed by atoms with E-state index in [1.165, 1.54) is 4.90 Å². The molecule has 2 aliphatic heterocycles. The molecule has 0 bridgehead atoms. The number of aromatic nitrogens is 1. The van der Waals surface area contributed by atoms with Crippen LogP contribution in [0.5, 0.6) is 11.6 Å². The van der Waals surface area contributed by atoms with Crippen molar-refractivity contribution < 1.29 is 23.9 Å². The normalized spacial score (nSPS) is 17.1. The SMILES string of the molecule is CC(C)(NC(=O)Nc1ccc2c(c1)CN(C1CCC(=O)NC1=O)C2=O)c1ccc(Oc2ccccn2)cc1.